The molecule has 1 aromatic heterocycles. The Kier molecular flexibility index (Phi) is 4.42. The minimum Gasteiger partial charge on any atom is -0.392 e. The molecule has 0 spiro atoms. The van der Waals surface area contributed by atoms with Crippen LogP contribution < -0.4 is 5.32 Å². The molecule has 1 unspecified atom stereocenters. The summed E-state index contributed by atoms with van der Waals surface area (Å²) in [5, 5.41) is 12.2. The van der Waals surface area contributed by atoms with Crippen molar-refractivity contribution in [1.82, 2.24) is 5.32 Å². The van der Waals surface area contributed by atoms with Crippen LogP contribution in [0.15, 0.2) is 12.1 Å². The fourth-order valence-electron chi connectivity index (χ4n) is 1.11. The maximum absolute atomic E-state index is 9.02. The zero-order valence-electron chi connectivity index (χ0n) is 8.21. The van der Waals surface area contributed by atoms with Crippen molar-refractivity contribution in [3.05, 3.63) is 21.9 Å². The lowest BCUT2D eigenvalue weighted by Gasteiger charge is -2.04. The van der Waals surface area contributed by atoms with Crippen LogP contribution in [-0.2, 0) is 13.0 Å². The van der Waals surface area contributed by atoms with Crippen molar-refractivity contribution in [3.63, 3.8) is 0 Å². The Balaban J connectivity index is 2.28. The smallest absolute Gasteiger partial charge is 0.0636 e. The first-order valence-electron chi connectivity index (χ1n) is 4.68. The predicted molar refractivity (Wildman–Crippen MR) is 57.1 cm³/mol. The minimum atomic E-state index is -0.259. The van der Waals surface area contributed by atoms with Gasteiger partial charge in [0.15, 0.2) is 0 Å². The molecule has 0 aliphatic carbocycles. The number of hydrogen-bond acceptors (Lipinski definition) is 3. The highest BCUT2D eigenvalue weighted by Gasteiger charge is 1.99. The summed E-state index contributed by atoms with van der Waals surface area (Å²) in [6.07, 6.45) is 0.853. The number of aliphatic hydroxyl groups excluding tert-OH is 1. The molecule has 0 aromatic carbocycles. The first kappa shape index (κ1) is 10.7. The van der Waals surface area contributed by atoms with E-state index in [9.17, 15) is 0 Å². The number of nitrogens with one attached hydrogen (secondary N) is 1. The van der Waals surface area contributed by atoms with Crippen molar-refractivity contribution in [2.45, 2.75) is 32.9 Å². The summed E-state index contributed by atoms with van der Waals surface area (Å²) in [6, 6.07) is 4.32. The molecule has 0 radical (unpaired) electrons. The molecule has 0 aliphatic rings. The summed E-state index contributed by atoms with van der Waals surface area (Å²) in [6.45, 7) is 5.49. The molecule has 2 N–H and O–H groups in total. The molecule has 1 atom stereocenters. The second kappa shape index (κ2) is 5.37. The van der Waals surface area contributed by atoms with E-state index in [1.54, 1.807) is 6.92 Å². The molecule has 0 bridgehead atoms. The van der Waals surface area contributed by atoms with Crippen molar-refractivity contribution in [2.75, 3.05) is 6.54 Å². The van der Waals surface area contributed by atoms with Gasteiger partial charge in [0.05, 0.1) is 6.10 Å². The molecular weight excluding hydrogens is 182 g/mol. The van der Waals surface area contributed by atoms with Gasteiger partial charge in [0.2, 0.25) is 0 Å². The highest BCUT2D eigenvalue weighted by molar-refractivity contribution is 7.11. The molecule has 0 fully saturated rings. The van der Waals surface area contributed by atoms with E-state index >= 15 is 0 Å². The average molecular weight is 199 g/mol. The van der Waals surface area contributed by atoms with Crippen LogP contribution in [0, 0.1) is 0 Å². The van der Waals surface area contributed by atoms with Gasteiger partial charge in [-0.3, -0.25) is 0 Å². The van der Waals surface area contributed by atoms with E-state index in [1.807, 2.05) is 11.3 Å². The van der Waals surface area contributed by atoms with Gasteiger partial charge in [-0.1, -0.05) is 6.92 Å². The van der Waals surface area contributed by atoms with E-state index in [4.69, 9.17) is 5.11 Å². The van der Waals surface area contributed by atoms with E-state index in [0.29, 0.717) is 6.54 Å². The van der Waals surface area contributed by atoms with E-state index in [0.717, 1.165) is 13.0 Å². The first-order valence-corrected chi connectivity index (χ1v) is 5.50. The van der Waals surface area contributed by atoms with Gasteiger partial charge in [0.1, 0.15) is 0 Å². The lowest BCUT2D eigenvalue weighted by atomic mass is 10.3. The van der Waals surface area contributed by atoms with Crippen LogP contribution in [0.5, 0.6) is 0 Å². The quantitative estimate of drug-likeness (QED) is 0.757. The molecule has 0 aliphatic heterocycles. The maximum Gasteiger partial charge on any atom is 0.0636 e. The van der Waals surface area contributed by atoms with E-state index in [2.05, 4.69) is 24.4 Å². The Bertz CT molecular complexity index is 245. The van der Waals surface area contributed by atoms with Gasteiger partial charge in [-0.15, -0.1) is 11.3 Å². The van der Waals surface area contributed by atoms with Crippen molar-refractivity contribution in [2.24, 2.45) is 0 Å². The SMILES string of the molecule is CCc1ccc(CNCC(C)O)s1. The summed E-state index contributed by atoms with van der Waals surface area (Å²) in [4.78, 5) is 2.77. The van der Waals surface area contributed by atoms with Gasteiger partial charge < -0.3 is 10.4 Å². The number of aliphatic hydroxyl groups is 1. The van der Waals surface area contributed by atoms with E-state index in [-0.39, 0.29) is 6.10 Å². The lowest BCUT2D eigenvalue weighted by molar-refractivity contribution is 0.191. The molecule has 0 amide bonds. The lowest BCUT2D eigenvalue weighted by Crippen LogP contribution is -2.23. The third kappa shape index (κ3) is 3.89. The molecule has 0 saturated carbocycles. The highest BCUT2D eigenvalue weighted by Crippen LogP contribution is 2.16. The average Bonchev–Trinajstić information content (AvgIpc) is 2.52. The van der Waals surface area contributed by atoms with Crippen molar-refractivity contribution < 1.29 is 5.11 Å². The Morgan fingerprint density at radius 3 is 2.69 bits per heavy atom. The van der Waals surface area contributed by atoms with Crippen LogP contribution >= 0.6 is 11.3 Å². The van der Waals surface area contributed by atoms with Crippen LogP contribution in [0.1, 0.15) is 23.6 Å². The van der Waals surface area contributed by atoms with Crippen molar-refractivity contribution >= 4 is 11.3 Å². The fourth-order valence-corrected chi connectivity index (χ4v) is 2.04. The summed E-state index contributed by atoms with van der Waals surface area (Å²) in [5.74, 6) is 0. The van der Waals surface area contributed by atoms with Gasteiger partial charge >= 0.3 is 0 Å². The van der Waals surface area contributed by atoms with Crippen molar-refractivity contribution in [3.8, 4) is 0 Å². The summed E-state index contributed by atoms with van der Waals surface area (Å²) in [7, 11) is 0. The number of hydrogen-bond donors (Lipinski definition) is 2. The maximum atomic E-state index is 9.02. The highest BCUT2D eigenvalue weighted by atomic mass is 32.1. The molecule has 1 aromatic rings. The van der Waals surface area contributed by atoms with Crippen LogP contribution in [0.3, 0.4) is 0 Å². The molecular formula is C10H17NOS. The van der Waals surface area contributed by atoms with Gasteiger partial charge in [0.25, 0.3) is 0 Å². The Labute approximate surface area is 83.6 Å². The van der Waals surface area contributed by atoms with Gasteiger partial charge in [-0.2, -0.15) is 0 Å². The molecule has 13 heavy (non-hydrogen) atoms. The normalized spacial score (nSPS) is 13.2. The molecule has 1 rings (SSSR count). The summed E-state index contributed by atoms with van der Waals surface area (Å²) < 4.78 is 0. The third-order valence-electron chi connectivity index (χ3n) is 1.80. The summed E-state index contributed by atoms with van der Waals surface area (Å²) in [5.41, 5.74) is 0. The van der Waals surface area contributed by atoms with Crippen LogP contribution in [-0.4, -0.2) is 17.8 Å². The Morgan fingerprint density at radius 1 is 1.46 bits per heavy atom. The fraction of sp³-hybridized carbons (Fsp3) is 0.600. The van der Waals surface area contributed by atoms with Gasteiger partial charge in [0, 0.05) is 22.8 Å². The Hall–Kier alpha value is -0.380. The molecule has 1 heterocycles. The second-order valence-electron chi connectivity index (χ2n) is 3.20. The van der Waals surface area contributed by atoms with Crippen molar-refractivity contribution in [1.29, 1.82) is 0 Å². The third-order valence-corrected chi connectivity index (χ3v) is 3.03. The standard InChI is InChI=1S/C10H17NOS/c1-3-9-4-5-10(13-9)7-11-6-8(2)12/h4-5,8,11-12H,3,6-7H2,1-2H3. The topological polar surface area (TPSA) is 32.3 Å². The number of rotatable bonds is 5. The van der Waals surface area contributed by atoms with Crippen LogP contribution in [0.2, 0.25) is 0 Å². The van der Waals surface area contributed by atoms with E-state index in [1.165, 1.54) is 9.75 Å². The molecule has 2 nitrogen and oxygen atoms in total. The largest absolute Gasteiger partial charge is 0.392 e. The number of aryl methyl sites for hydroxylation is 1. The van der Waals surface area contributed by atoms with Gasteiger partial charge in [-0.05, 0) is 25.5 Å². The zero-order valence-corrected chi connectivity index (χ0v) is 9.03. The first-order chi connectivity index (χ1) is 6.22. The van der Waals surface area contributed by atoms with Crippen LogP contribution in [0.4, 0.5) is 0 Å². The summed E-state index contributed by atoms with van der Waals surface area (Å²) >= 11 is 1.84. The second-order valence-corrected chi connectivity index (χ2v) is 4.45. The molecule has 74 valence electrons. The van der Waals surface area contributed by atoms with E-state index < -0.39 is 0 Å². The predicted octanol–water partition coefficient (Wildman–Crippen LogP) is 1.78. The van der Waals surface area contributed by atoms with Gasteiger partial charge in [-0.25, -0.2) is 0 Å². The Morgan fingerprint density at radius 2 is 2.15 bits per heavy atom. The number of thiophene rings is 1. The molecule has 3 heteroatoms. The van der Waals surface area contributed by atoms with Crippen LogP contribution in [0.25, 0.3) is 0 Å². The monoisotopic (exact) mass is 199 g/mol. The minimum absolute atomic E-state index is 0.259. The zero-order chi connectivity index (χ0) is 9.68. The molecule has 0 saturated heterocycles.